The van der Waals surface area contributed by atoms with Crippen LogP contribution in [-0.2, 0) is 9.84 Å². The Labute approximate surface area is 75.9 Å². The summed E-state index contributed by atoms with van der Waals surface area (Å²) in [6, 6.07) is 0. The van der Waals surface area contributed by atoms with Crippen molar-refractivity contribution in [3.8, 4) is 0 Å². The van der Waals surface area contributed by atoms with Crippen LogP contribution in [0.1, 0.15) is 46.5 Å². The van der Waals surface area contributed by atoms with Crippen molar-refractivity contribution < 1.29 is 9.84 Å². The Morgan fingerprint density at radius 2 is 1.92 bits per heavy atom. The number of hydrogen-bond acceptors (Lipinski definition) is 1. The minimum atomic E-state index is -0.586. The molecule has 73 valence electrons. The van der Waals surface area contributed by atoms with Gasteiger partial charge in [0, 0.05) is 6.61 Å². The van der Waals surface area contributed by atoms with Gasteiger partial charge in [-0.1, -0.05) is 26.7 Å². The summed E-state index contributed by atoms with van der Waals surface area (Å²) in [4.78, 5) is 0. The summed E-state index contributed by atoms with van der Waals surface area (Å²) in [6.07, 6.45) is 3.64. The number of rotatable bonds is 7. The van der Waals surface area contributed by atoms with Crippen molar-refractivity contribution in [2.24, 2.45) is 0 Å². The van der Waals surface area contributed by atoms with Crippen LogP contribution >= 0.6 is 0 Å². The molecule has 0 saturated carbocycles. The normalized spacial score (nSPS) is 16.0. The van der Waals surface area contributed by atoms with Crippen LogP contribution in [0.5, 0.6) is 0 Å². The monoisotopic (exact) mass is 173 g/mol. The number of ether oxygens (including phenoxy) is 1. The fourth-order valence-corrected chi connectivity index (χ4v) is 1.17. The van der Waals surface area contributed by atoms with E-state index in [9.17, 15) is 5.11 Å². The van der Waals surface area contributed by atoms with Gasteiger partial charge in [0.2, 0.25) is 0 Å². The molecule has 1 radical (unpaired) electrons. The molecule has 2 nitrogen and oxygen atoms in total. The molecule has 0 heterocycles. The highest BCUT2D eigenvalue weighted by molar-refractivity contribution is 4.61. The molecule has 0 amide bonds. The zero-order chi connectivity index (χ0) is 9.40. The Morgan fingerprint density at radius 1 is 1.25 bits per heavy atom. The van der Waals surface area contributed by atoms with Gasteiger partial charge in [-0.2, -0.15) is 0 Å². The van der Waals surface area contributed by atoms with Gasteiger partial charge in [0.25, 0.3) is 0 Å². The average Bonchev–Trinajstić information content (AvgIpc) is 2.04. The highest BCUT2D eigenvalue weighted by Crippen LogP contribution is 2.06. The molecule has 0 aliphatic heterocycles. The van der Waals surface area contributed by atoms with E-state index >= 15 is 0 Å². The largest absolute Gasteiger partial charge is 0.375 e. The smallest absolute Gasteiger partial charge is 0.116 e. The molecule has 0 rings (SSSR count). The molecular weight excluding hydrogens is 152 g/mol. The van der Waals surface area contributed by atoms with Gasteiger partial charge in [0.05, 0.1) is 6.10 Å². The SMILES string of the molecule is CCCCCOC(CC)C(C)[O]. The molecule has 0 aliphatic rings. The molecule has 2 unspecified atom stereocenters. The summed E-state index contributed by atoms with van der Waals surface area (Å²) in [7, 11) is 0. The Kier molecular flexibility index (Phi) is 7.51. The Bertz CT molecular complexity index is 91.8. The zero-order valence-corrected chi connectivity index (χ0v) is 8.51. The lowest BCUT2D eigenvalue weighted by molar-refractivity contribution is -0.0604. The van der Waals surface area contributed by atoms with E-state index in [1.165, 1.54) is 12.8 Å². The van der Waals surface area contributed by atoms with Crippen LogP contribution in [0.15, 0.2) is 0 Å². The van der Waals surface area contributed by atoms with E-state index in [4.69, 9.17) is 4.74 Å². The fourth-order valence-electron chi connectivity index (χ4n) is 1.17. The third-order valence-corrected chi connectivity index (χ3v) is 2.01. The van der Waals surface area contributed by atoms with Gasteiger partial charge in [0.15, 0.2) is 0 Å². The molecule has 0 saturated heterocycles. The van der Waals surface area contributed by atoms with Crippen molar-refractivity contribution >= 4 is 0 Å². The maximum Gasteiger partial charge on any atom is 0.116 e. The Morgan fingerprint density at radius 3 is 2.33 bits per heavy atom. The van der Waals surface area contributed by atoms with E-state index in [0.717, 1.165) is 19.4 Å². The van der Waals surface area contributed by atoms with Crippen LogP contribution in [0, 0.1) is 0 Å². The van der Waals surface area contributed by atoms with Gasteiger partial charge in [0.1, 0.15) is 6.10 Å². The fraction of sp³-hybridized carbons (Fsp3) is 1.00. The van der Waals surface area contributed by atoms with Crippen LogP contribution in [0.3, 0.4) is 0 Å². The average molecular weight is 173 g/mol. The highest BCUT2D eigenvalue weighted by Gasteiger charge is 2.13. The predicted octanol–water partition coefficient (Wildman–Crippen LogP) is 2.79. The topological polar surface area (TPSA) is 29.1 Å². The molecule has 0 aromatic rings. The molecule has 12 heavy (non-hydrogen) atoms. The van der Waals surface area contributed by atoms with Gasteiger partial charge in [-0.15, -0.1) is 0 Å². The van der Waals surface area contributed by atoms with Crippen LogP contribution < -0.4 is 0 Å². The second-order valence-electron chi connectivity index (χ2n) is 3.23. The van der Waals surface area contributed by atoms with E-state index in [-0.39, 0.29) is 6.10 Å². The zero-order valence-electron chi connectivity index (χ0n) is 8.51. The van der Waals surface area contributed by atoms with Crippen molar-refractivity contribution in [3.63, 3.8) is 0 Å². The molecule has 0 aliphatic carbocycles. The minimum absolute atomic E-state index is 0.0816. The van der Waals surface area contributed by atoms with Gasteiger partial charge in [-0.05, 0) is 19.8 Å². The molecule has 0 N–H and O–H groups in total. The van der Waals surface area contributed by atoms with Gasteiger partial charge in [-0.25, -0.2) is 5.11 Å². The molecule has 0 bridgehead atoms. The first-order valence-electron chi connectivity index (χ1n) is 4.99. The van der Waals surface area contributed by atoms with Crippen molar-refractivity contribution in [3.05, 3.63) is 0 Å². The van der Waals surface area contributed by atoms with Gasteiger partial charge in [-0.3, -0.25) is 0 Å². The maximum absolute atomic E-state index is 11.0. The molecule has 0 fully saturated rings. The summed E-state index contributed by atoms with van der Waals surface area (Å²) in [5.74, 6) is 0. The summed E-state index contributed by atoms with van der Waals surface area (Å²) in [5, 5.41) is 11.0. The van der Waals surface area contributed by atoms with Crippen LogP contribution in [0.4, 0.5) is 0 Å². The van der Waals surface area contributed by atoms with E-state index < -0.39 is 6.10 Å². The van der Waals surface area contributed by atoms with Gasteiger partial charge >= 0.3 is 0 Å². The molecular formula is C10H21O2. The molecule has 0 aromatic heterocycles. The Balaban J connectivity index is 3.32. The molecule has 2 atom stereocenters. The van der Waals surface area contributed by atoms with E-state index in [1.54, 1.807) is 6.92 Å². The summed E-state index contributed by atoms with van der Waals surface area (Å²) < 4.78 is 5.44. The van der Waals surface area contributed by atoms with Gasteiger partial charge < -0.3 is 4.74 Å². The maximum atomic E-state index is 11.0. The first-order chi connectivity index (χ1) is 5.72. The third kappa shape index (κ3) is 5.56. The van der Waals surface area contributed by atoms with Crippen LogP contribution in [0.2, 0.25) is 0 Å². The number of unbranched alkanes of at least 4 members (excludes halogenated alkanes) is 2. The molecule has 0 spiro atoms. The van der Waals surface area contributed by atoms with E-state index in [0.29, 0.717) is 0 Å². The standard InChI is InChI=1S/C10H21O2/c1-4-6-7-8-12-10(5-2)9(3)11/h9-10H,4-8H2,1-3H3. The van der Waals surface area contributed by atoms with E-state index in [2.05, 4.69) is 6.92 Å². The molecule has 0 aromatic carbocycles. The highest BCUT2D eigenvalue weighted by atomic mass is 16.5. The van der Waals surface area contributed by atoms with Crippen molar-refractivity contribution in [1.29, 1.82) is 0 Å². The predicted molar refractivity (Wildman–Crippen MR) is 49.7 cm³/mol. The lowest BCUT2D eigenvalue weighted by Crippen LogP contribution is -2.24. The quantitative estimate of drug-likeness (QED) is 0.544. The summed E-state index contributed by atoms with van der Waals surface area (Å²) >= 11 is 0. The minimum Gasteiger partial charge on any atom is -0.375 e. The number of hydrogen-bond donors (Lipinski definition) is 0. The van der Waals surface area contributed by atoms with E-state index in [1.807, 2.05) is 6.92 Å². The summed E-state index contributed by atoms with van der Waals surface area (Å²) in [5.41, 5.74) is 0. The van der Waals surface area contributed by atoms with Crippen molar-refractivity contribution in [2.75, 3.05) is 6.61 Å². The second kappa shape index (κ2) is 7.56. The first kappa shape index (κ1) is 11.9. The summed E-state index contributed by atoms with van der Waals surface area (Å²) in [6.45, 7) is 6.58. The van der Waals surface area contributed by atoms with Crippen LogP contribution in [0.25, 0.3) is 0 Å². The lowest BCUT2D eigenvalue weighted by Gasteiger charge is -2.16. The second-order valence-corrected chi connectivity index (χ2v) is 3.23. The first-order valence-corrected chi connectivity index (χ1v) is 4.99. The third-order valence-electron chi connectivity index (χ3n) is 2.01. The van der Waals surface area contributed by atoms with Crippen molar-refractivity contribution in [2.45, 2.75) is 58.7 Å². The lowest BCUT2D eigenvalue weighted by atomic mass is 10.2. The van der Waals surface area contributed by atoms with Crippen LogP contribution in [-0.4, -0.2) is 18.8 Å². The van der Waals surface area contributed by atoms with Crippen molar-refractivity contribution in [1.82, 2.24) is 0 Å². The molecule has 2 heteroatoms. The Hall–Kier alpha value is -0.0800.